The number of hydrogen-bond donors (Lipinski definition) is 1. The SMILES string of the molecule is O=C(NCC(Cl)c1ccccc1)c1ccc(C#Cc2ccccc2)cc1. The molecule has 0 aliphatic carbocycles. The number of carbonyl (C=O) groups is 1. The van der Waals surface area contributed by atoms with Crippen molar-refractivity contribution in [2.75, 3.05) is 6.54 Å². The van der Waals surface area contributed by atoms with E-state index >= 15 is 0 Å². The molecule has 2 nitrogen and oxygen atoms in total. The fraction of sp³-hybridized carbons (Fsp3) is 0.0870. The van der Waals surface area contributed by atoms with Gasteiger partial charge in [-0.05, 0) is 42.0 Å². The van der Waals surface area contributed by atoms with Gasteiger partial charge < -0.3 is 5.32 Å². The fourth-order valence-corrected chi connectivity index (χ4v) is 2.66. The highest BCUT2D eigenvalue weighted by atomic mass is 35.5. The molecule has 0 fully saturated rings. The molecule has 0 aromatic heterocycles. The van der Waals surface area contributed by atoms with Crippen molar-refractivity contribution in [3.63, 3.8) is 0 Å². The van der Waals surface area contributed by atoms with Crippen molar-refractivity contribution in [3.05, 3.63) is 107 Å². The highest BCUT2D eigenvalue weighted by molar-refractivity contribution is 6.21. The Kier molecular flexibility index (Phi) is 6.09. The first-order valence-corrected chi connectivity index (χ1v) is 8.80. The van der Waals surface area contributed by atoms with Crippen LogP contribution in [0.25, 0.3) is 0 Å². The molecule has 3 aromatic rings. The standard InChI is InChI=1S/C23H18ClNO/c24-22(20-9-5-2-6-10-20)17-25-23(26)21-15-13-19(14-16-21)12-11-18-7-3-1-4-8-18/h1-10,13-16,22H,17H2,(H,25,26). The molecule has 0 aliphatic rings. The monoisotopic (exact) mass is 359 g/mol. The molecule has 0 heterocycles. The molecule has 128 valence electrons. The van der Waals surface area contributed by atoms with Gasteiger partial charge in [-0.3, -0.25) is 4.79 Å². The number of carbonyl (C=O) groups excluding carboxylic acids is 1. The quantitative estimate of drug-likeness (QED) is 0.526. The first-order chi connectivity index (χ1) is 12.7. The van der Waals surface area contributed by atoms with Crippen LogP contribution in [-0.4, -0.2) is 12.5 Å². The van der Waals surface area contributed by atoms with E-state index in [0.717, 1.165) is 16.7 Å². The molecule has 1 atom stereocenters. The van der Waals surface area contributed by atoms with Gasteiger partial charge in [0.2, 0.25) is 0 Å². The van der Waals surface area contributed by atoms with E-state index in [2.05, 4.69) is 17.2 Å². The zero-order valence-electron chi connectivity index (χ0n) is 14.2. The lowest BCUT2D eigenvalue weighted by Gasteiger charge is -2.11. The van der Waals surface area contributed by atoms with Gasteiger partial charge in [0, 0.05) is 23.2 Å². The number of hydrogen-bond acceptors (Lipinski definition) is 1. The number of nitrogens with one attached hydrogen (secondary N) is 1. The van der Waals surface area contributed by atoms with E-state index in [0.29, 0.717) is 12.1 Å². The fourth-order valence-electron chi connectivity index (χ4n) is 2.43. The number of benzene rings is 3. The summed E-state index contributed by atoms with van der Waals surface area (Å²) < 4.78 is 0. The van der Waals surface area contributed by atoms with Crippen LogP contribution in [0.2, 0.25) is 0 Å². The van der Waals surface area contributed by atoms with Crippen LogP contribution < -0.4 is 5.32 Å². The second-order valence-corrected chi connectivity index (χ2v) is 6.31. The summed E-state index contributed by atoms with van der Waals surface area (Å²) in [6.45, 7) is 0.375. The molecule has 0 spiro atoms. The third kappa shape index (κ3) is 4.99. The maximum absolute atomic E-state index is 12.3. The van der Waals surface area contributed by atoms with Crippen molar-refractivity contribution < 1.29 is 4.79 Å². The van der Waals surface area contributed by atoms with Gasteiger partial charge in [0.25, 0.3) is 5.91 Å². The Labute approximate surface area is 158 Å². The second-order valence-electron chi connectivity index (χ2n) is 5.78. The van der Waals surface area contributed by atoms with Crippen molar-refractivity contribution in [2.45, 2.75) is 5.38 Å². The Morgan fingerprint density at radius 1 is 0.808 bits per heavy atom. The zero-order chi connectivity index (χ0) is 18.2. The molecule has 0 radical (unpaired) electrons. The molecule has 3 heteroatoms. The van der Waals surface area contributed by atoms with Crippen molar-refractivity contribution >= 4 is 17.5 Å². The number of alkyl halides is 1. The van der Waals surface area contributed by atoms with Gasteiger partial charge in [-0.2, -0.15) is 0 Å². The predicted octanol–water partition coefficient (Wildman–Crippen LogP) is 4.80. The maximum atomic E-state index is 12.3. The molecule has 3 rings (SSSR count). The largest absolute Gasteiger partial charge is 0.350 e. The molecular weight excluding hydrogens is 342 g/mol. The Bertz CT molecular complexity index is 909. The first-order valence-electron chi connectivity index (χ1n) is 8.37. The minimum Gasteiger partial charge on any atom is -0.350 e. The van der Waals surface area contributed by atoms with Crippen molar-refractivity contribution in [2.24, 2.45) is 0 Å². The highest BCUT2D eigenvalue weighted by Crippen LogP contribution is 2.18. The van der Waals surface area contributed by atoms with Crippen LogP contribution in [0.5, 0.6) is 0 Å². The third-order valence-corrected chi connectivity index (χ3v) is 4.28. The molecule has 3 aromatic carbocycles. The summed E-state index contributed by atoms with van der Waals surface area (Å²) in [6, 6.07) is 26.7. The van der Waals surface area contributed by atoms with Crippen LogP contribution in [0.3, 0.4) is 0 Å². The summed E-state index contributed by atoms with van der Waals surface area (Å²) in [5, 5.41) is 2.61. The lowest BCUT2D eigenvalue weighted by atomic mass is 10.1. The Morgan fingerprint density at radius 3 is 1.96 bits per heavy atom. The van der Waals surface area contributed by atoms with Crippen LogP contribution >= 0.6 is 11.6 Å². The minimum atomic E-state index is -0.254. The topological polar surface area (TPSA) is 29.1 Å². The summed E-state index contributed by atoms with van der Waals surface area (Å²) in [5.41, 5.74) is 3.40. The maximum Gasteiger partial charge on any atom is 0.251 e. The smallest absolute Gasteiger partial charge is 0.251 e. The van der Waals surface area contributed by atoms with Crippen LogP contribution in [0.1, 0.15) is 32.4 Å². The number of amides is 1. The van der Waals surface area contributed by atoms with E-state index in [1.807, 2.05) is 72.8 Å². The van der Waals surface area contributed by atoms with E-state index in [4.69, 9.17) is 11.6 Å². The molecule has 1 amide bonds. The van der Waals surface area contributed by atoms with Gasteiger partial charge in [-0.15, -0.1) is 11.6 Å². The highest BCUT2D eigenvalue weighted by Gasteiger charge is 2.10. The van der Waals surface area contributed by atoms with Gasteiger partial charge in [-0.25, -0.2) is 0 Å². The minimum absolute atomic E-state index is 0.144. The predicted molar refractivity (Wildman–Crippen MR) is 106 cm³/mol. The van der Waals surface area contributed by atoms with E-state index in [1.54, 1.807) is 12.1 Å². The molecule has 0 bridgehead atoms. The van der Waals surface area contributed by atoms with Gasteiger partial charge in [0.15, 0.2) is 0 Å². The van der Waals surface area contributed by atoms with Gasteiger partial charge in [0.05, 0.1) is 5.38 Å². The van der Waals surface area contributed by atoms with Gasteiger partial charge in [-0.1, -0.05) is 60.4 Å². The van der Waals surface area contributed by atoms with Gasteiger partial charge in [0.1, 0.15) is 0 Å². The van der Waals surface area contributed by atoms with E-state index in [9.17, 15) is 4.79 Å². The first kappa shape index (κ1) is 17.8. The van der Waals surface area contributed by atoms with E-state index in [1.165, 1.54) is 0 Å². The molecule has 0 aliphatic heterocycles. The van der Waals surface area contributed by atoms with Crippen LogP contribution in [0.15, 0.2) is 84.9 Å². The summed E-state index contributed by atoms with van der Waals surface area (Å²) >= 11 is 6.33. The molecular formula is C23H18ClNO. The number of halogens is 1. The van der Waals surface area contributed by atoms with Crippen molar-refractivity contribution in [1.82, 2.24) is 5.32 Å². The average molecular weight is 360 g/mol. The molecule has 1 unspecified atom stereocenters. The Morgan fingerprint density at radius 2 is 1.35 bits per heavy atom. The van der Waals surface area contributed by atoms with Crippen LogP contribution in [-0.2, 0) is 0 Å². The summed E-state index contributed by atoms with van der Waals surface area (Å²) in [5.74, 6) is 6.05. The molecule has 26 heavy (non-hydrogen) atoms. The van der Waals surface area contributed by atoms with E-state index < -0.39 is 0 Å². The number of rotatable bonds is 4. The Balaban J connectivity index is 1.58. The summed E-state index contributed by atoms with van der Waals surface area (Å²) in [7, 11) is 0. The molecule has 0 saturated heterocycles. The summed E-state index contributed by atoms with van der Waals surface area (Å²) in [4.78, 5) is 12.3. The lowest BCUT2D eigenvalue weighted by Crippen LogP contribution is -2.26. The molecule has 1 N–H and O–H groups in total. The van der Waals surface area contributed by atoms with Gasteiger partial charge >= 0.3 is 0 Å². The Hall–Kier alpha value is -3.02. The average Bonchev–Trinajstić information content (AvgIpc) is 2.72. The van der Waals surface area contributed by atoms with Crippen molar-refractivity contribution in [1.29, 1.82) is 0 Å². The normalized spacial score (nSPS) is 11.1. The third-order valence-electron chi connectivity index (χ3n) is 3.88. The van der Waals surface area contributed by atoms with Crippen LogP contribution in [0, 0.1) is 11.8 Å². The lowest BCUT2D eigenvalue weighted by molar-refractivity contribution is 0.0953. The van der Waals surface area contributed by atoms with E-state index in [-0.39, 0.29) is 11.3 Å². The second kappa shape index (κ2) is 8.89. The van der Waals surface area contributed by atoms with Crippen LogP contribution in [0.4, 0.5) is 0 Å². The summed E-state index contributed by atoms with van der Waals surface area (Å²) in [6.07, 6.45) is 0. The van der Waals surface area contributed by atoms with Crippen molar-refractivity contribution in [3.8, 4) is 11.8 Å². The zero-order valence-corrected chi connectivity index (χ0v) is 14.9. The molecule has 0 saturated carbocycles.